The number of carbonyl (C=O) groups is 2. The van der Waals surface area contributed by atoms with Crippen LogP contribution < -0.4 is 9.47 Å². The lowest BCUT2D eigenvalue weighted by Gasteiger charge is -2.28. The van der Waals surface area contributed by atoms with Crippen LogP contribution in [0.25, 0.3) is 11.0 Å². The highest BCUT2D eigenvalue weighted by Gasteiger charge is 2.45. The van der Waals surface area contributed by atoms with Crippen molar-refractivity contribution in [1.82, 2.24) is 4.90 Å². The first-order valence-corrected chi connectivity index (χ1v) is 11.9. The van der Waals surface area contributed by atoms with Crippen LogP contribution in [0.4, 0.5) is 0 Å². The average molecular weight is 518 g/mol. The molecule has 0 bridgehead atoms. The van der Waals surface area contributed by atoms with E-state index in [9.17, 15) is 14.7 Å². The van der Waals surface area contributed by atoms with Gasteiger partial charge in [0, 0.05) is 22.0 Å². The molecule has 0 radical (unpaired) electrons. The molecule has 0 saturated heterocycles. The Labute approximate surface area is 218 Å². The molecule has 7 nitrogen and oxygen atoms in total. The van der Waals surface area contributed by atoms with Crippen molar-refractivity contribution in [3.05, 3.63) is 106 Å². The minimum absolute atomic E-state index is 0.0392. The molecule has 188 valence electrons. The number of aliphatic hydroxyl groups excluding tert-OH is 1. The molecule has 1 unspecified atom stereocenters. The smallest absolute Gasteiger partial charge is 0.290 e. The van der Waals surface area contributed by atoms with E-state index in [0.717, 1.165) is 16.7 Å². The van der Waals surface area contributed by atoms with Gasteiger partial charge < -0.3 is 23.9 Å². The number of fused-ring (bicyclic) bond motifs is 1. The number of aliphatic hydroxyl groups is 1. The number of ketones is 1. The monoisotopic (exact) mass is 517 g/mol. The number of furan rings is 1. The maximum Gasteiger partial charge on any atom is 0.290 e. The molecular weight excluding hydrogens is 494 g/mol. The Bertz CT molecular complexity index is 1570. The third kappa shape index (κ3) is 4.21. The summed E-state index contributed by atoms with van der Waals surface area (Å²) < 4.78 is 16.7. The standard InChI is InChI=1S/C29H24ClNO6/c1-16-8-4-6-10-20(16)25-24(26(32)22-13-18-12-19(30)14-23(36-3)28(18)37-22)27(33)29(34)31(25)15-17-9-5-7-11-21(17)35-2/h4-14,25,33H,15H2,1-3H3. The van der Waals surface area contributed by atoms with Crippen LogP contribution in [0.2, 0.25) is 5.02 Å². The van der Waals surface area contributed by atoms with Gasteiger partial charge in [-0.05, 0) is 36.2 Å². The number of hydrogen-bond donors (Lipinski definition) is 1. The van der Waals surface area contributed by atoms with Gasteiger partial charge in [-0.2, -0.15) is 0 Å². The number of amides is 1. The summed E-state index contributed by atoms with van der Waals surface area (Å²) in [4.78, 5) is 28.8. The summed E-state index contributed by atoms with van der Waals surface area (Å²) in [6.45, 7) is 2.01. The predicted octanol–water partition coefficient (Wildman–Crippen LogP) is 6.19. The quantitative estimate of drug-likeness (QED) is 0.294. The van der Waals surface area contributed by atoms with Crippen LogP contribution in [0, 0.1) is 6.92 Å². The Balaban J connectivity index is 1.63. The molecule has 1 atom stereocenters. The van der Waals surface area contributed by atoms with E-state index in [0.29, 0.717) is 27.5 Å². The minimum Gasteiger partial charge on any atom is -0.503 e. The third-order valence-corrected chi connectivity index (χ3v) is 6.77. The first-order chi connectivity index (χ1) is 17.8. The number of rotatable bonds is 7. The Morgan fingerprint density at radius 2 is 1.73 bits per heavy atom. The summed E-state index contributed by atoms with van der Waals surface area (Å²) in [5.41, 5.74) is 2.61. The van der Waals surface area contributed by atoms with Gasteiger partial charge in [0.15, 0.2) is 22.9 Å². The number of Topliss-reactive ketones (excluding diaryl/α,β-unsaturated/α-hetero) is 1. The van der Waals surface area contributed by atoms with Gasteiger partial charge in [0.25, 0.3) is 5.91 Å². The van der Waals surface area contributed by atoms with Gasteiger partial charge >= 0.3 is 0 Å². The van der Waals surface area contributed by atoms with E-state index in [2.05, 4.69) is 0 Å². The molecular formula is C29H24ClNO6. The summed E-state index contributed by atoms with van der Waals surface area (Å²) in [5, 5.41) is 12.0. The van der Waals surface area contributed by atoms with E-state index in [1.807, 2.05) is 49.4 Å². The van der Waals surface area contributed by atoms with Gasteiger partial charge in [-0.3, -0.25) is 9.59 Å². The van der Waals surface area contributed by atoms with Crippen LogP contribution in [-0.2, 0) is 11.3 Å². The van der Waals surface area contributed by atoms with Crippen LogP contribution in [0.5, 0.6) is 11.5 Å². The zero-order chi connectivity index (χ0) is 26.3. The summed E-state index contributed by atoms with van der Waals surface area (Å²) in [6.07, 6.45) is 0. The van der Waals surface area contributed by atoms with Crippen molar-refractivity contribution < 1.29 is 28.6 Å². The summed E-state index contributed by atoms with van der Waals surface area (Å²) in [7, 11) is 3.03. The summed E-state index contributed by atoms with van der Waals surface area (Å²) in [6, 6.07) is 18.7. The predicted molar refractivity (Wildman–Crippen MR) is 139 cm³/mol. The number of ether oxygens (including phenoxy) is 2. The van der Waals surface area contributed by atoms with E-state index in [-0.39, 0.29) is 17.9 Å². The Kier molecular flexibility index (Phi) is 6.39. The first kappa shape index (κ1) is 24.5. The Morgan fingerprint density at radius 1 is 1.03 bits per heavy atom. The van der Waals surface area contributed by atoms with Crippen LogP contribution in [0.1, 0.15) is 33.3 Å². The van der Waals surface area contributed by atoms with Gasteiger partial charge in [-0.1, -0.05) is 54.1 Å². The Morgan fingerprint density at radius 3 is 2.46 bits per heavy atom. The van der Waals surface area contributed by atoms with Crippen LogP contribution >= 0.6 is 11.6 Å². The van der Waals surface area contributed by atoms with Crippen LogP contribution in [0.3, 0.4) is 0 Å². The topological polar surface area (TPSA) is 89.2 Å². The molecule has 1 aromatic heterocycles. The van der Waals surface area contributed by atoms with Gasteiger partial charge in [-0.15, -0.1) is 0 Å². The number of benzene rings is 3. The fourth-order valence-electron chi connectivity index (χ4n) is 4.76. The van der Waals surface area contributed by atoms with Crippen molar-refractivity contribution in [2.75, 3.05) is 14.2 Å². The van der Waals surface area contributed by atoms with Gasteiger partial charge in [0.1, 0.15) is 5.75 Å². The van der Waals surface area contributed by atoms with Crippen molar-refractivity contribution in [3.63, 3.8) is 0 Å². The molecule has 5 rings (SSSR count). The first-order valence-electron chi connectivity index (χ1n) is 11.6. The molecule has 1 amide bonds. The molecule has 37 heavy (non-hydrogen) atoms. The lowest BCUT2D eigenvalue weighted by molar-refractivity contribution is -0.130. The molecule has 2 heterocycles. The zero-order valence-corrected chi connectivity index (χ0v) is 21.2. The SMILES string of the molecule is COc1ccccc1CN1C(=O)C(O)=C(C(=O)c2cc3cc(Cl)cc(OC)c3o2)C1c1ccccc1C. The average Bonchev–Trinajstić information content (AvgIpc) is 3.43. The van der Waals surface area contributed by atoms with Gasteiger partial charge in [-0.25, -0.2) is 0 Å². The maximum atomic E-state index is 13.9. The molecule has 3 aromatic carbocycles. The van der Waals surface area contributed by atoms with Crippen molar-refractivity contribution in [2.24, 2.45) is 0 Å². The van der Waals surface area contributed by atoms with E-state index in [1.54, 1.807) is 25.3 Å². The fraction of sp³-hybridized carbons (Fsp3) is 0.172. The molecule has 8 heteroatoms. The van der Waals surface area contributed by atoms with E-state index >= 15 is 0 Å². The van der Waals surface area contributed by atoms with Crippen molar-refractivity contribution in [2.45, 2.75) is 19.5 Å². The summed E-state index contributed by atoms with van der Waals surface area (Å²) >= 11 is 6.18. The molecule has 0 saturated carbocycles. The second-order valence-electron chi connectivity index (χ2n) is 8.73. The molecule has 0 aliphatic carbocycles. The van der Waals surface area contributed by atoms with Crippen molar-refractivity contribution in [1.29, 1.82) is 0 Å². The number of carbonyl (C=O) groups excluding carboxylic acids is 2. The fourth-order valence-corrected chi connectivity index (χ4v) is 4.98. The lowest BCUT2D eigenvalue weighted by atomic mass is 9.92. The molecule has 0 fully saturated rings. The van der Waals surface area contributed by atoms with Crippen LogP contribution in [-0.4, -0.2) is 35.9 Å². The second kappa shape index (κ2) is 9.67. The molecule has 1 N–H and O–H groups in total. The molecule has 0 spiro atoms. The largest absolute Gasteiger partial charge is 0.503 e. The molecule has 4 aromatic rings. The van der Waals surface area contributed by atoms with E-state index in [4.69, 9.17) is 25.5 Å². The minimum atomic E-state index is -0.843. The number of aryl methyl sites for hydroxylation is 1. The summed E-state index contributed by atoms with van der Waals surface area (Å²) in [5.74, 6) is -0.939. The highest BCUT2D eigenvalue weighted by atomic mass is 35.5. The molecule has 1 aliphatic heterocycles. The van der Waals surface area contributed by atoms with Crippen LogP contribution in [0.15, 0.2) is 82.5 Å². The van der Waals surface area contributed by atoms with Gasteiger partial charge in [0.05, 0.1) is 32.4 Å². The number of para-hydroxylation sites is 1. The van der Waals surface area contributed by atoms with Crippen molar-refractivity contribution in [3.8, 4) is 11.5 Å². The number of halogens is 1. The third-order valence-electron chi connectivity index (χ3n) is 6.56. The van der Waals surface area contributed by atoms with Gasteiger partial charge in [0.2, 0.25) is 5.78 Å². The Hall–Kier alpha value is -4.23. The van der Waals surface area contributed by atoms with Crippen molar-refractivity contribution >= 4 is 34.3 Å². The number of methoxy groups -OCH3 is 2. The number of nitrogens with zero attached hydrogens (tertiary/aromatic N) is 1. The normalized spacial score (nSPS) is 15.5. The maximum absolute atomic E-state index is 13.9. The lowest BCUT2D eigenvalue weighted by Crippen LogP contribution is -2.31. The number of hydrogen-bond acceptors (Lipinski definition) is 6. The molecule has 1 aliphatic rings. The van der Waals surface area contributed by atoms with E-state index < -0.39 is 23.5 Å². The highest BCUT2D eigenvalue weighted by molar-refractivity contribution is 6.31. The zero-order valence-electron chi connectivity index (χ0n) is 20.4. The van der Waals surface area contributed by atoms with E-state index in [1.165, 1.54) is 18.1 Å². The second-order valence-corrected chi connectivity index (χ2v) is 9.17. The highest BCUT2D eigenvalue weighted by Crippen LogP contribution is 2.43.